The Bertz CT molecular complexity index is 332. The second kappa shape index (κ2) is 4.16. The molecule has 0 bridgehead atoms. The van der Waals surface area contributed by atoms with E-state index in [-0.39, 0.29) is 0 Å². The van der Waals surface area contributed by atoms with E-state index in [4.69, 9.17) is 10.5 Å². The highest BCUT2D eigenvalue weighted by Gasteiger charge is 2.03. The second-order valence-corrected chi connectivity index (χ2v) is 2.42. The molecule has 0 saturated carbocycles. The molecule has 0 aromatic carbocycles. The molecule has 0 aromatic rings. The zero-order valence-electron chi connectivity index (χ0n) is 6.62. The average Bonchev–Trinajstić information content (AvgIpc) is 2.30. The SMILES string of the molecule is N#CCC1=CC=CCC=C1C#N. The first-order valence-electron chi connectivity index (χ1n) is 3.71. The van der Waals surface area contributed by atoms with Crippen molar-refractivity contribution in [3.05, 3.63) is 35.5 Å². The molecule has 0 amide bonds. The molecule has 0 radical (unpaired) electrons. The normalized spacial score (nSPS) is 15.2. The van der Waals surface area contributed by atoms with Crippen molar-refractivity contribution in [1.82, 2.24) is 0 Å². The van der Waals surface area contributed by atoms with Crippen LogP contribution >= 0.6 is 0 Å². The van der Waals surface area contributed by atoms with Gasteiger partial charge in [-0.1, -0.05) is 24.3 Å². The molecule has 1 aliphatic rings. The standard InChI is InChI=1S/C10H8N2/c11-7-6-9-4-2-1-3-5-10(9)8-12/h1-2,4-5H,3,6H2. The highest BCUT2D eigenvalue weighted by Crippen LogP contribution is 2.16. The number of nitrogens with zero attached hydrogens (tertiary/aromatic N) is 2. The van der Waals surface area contributed by atoms with Crippen LogP contribution in [0, 0.1) is 22.7 Å². The lowest BCUT2D eigenvalue weighted by molar-refractivity contribution is 1.23. The summed E-state index contributed by atoms with van der Waals surface area (Å²) in [5.41, 5.74) is 1.44. The number of hydrogen-bond donors (Lipinski definition) is 0. The van der Waals surface area contributed by atoms with Gasteiger partial charge in [-0.25, -0.2) is 0 Å². The molecule has 0 heterocycles. The van der Waals surface area contributed by atoms with E-state index in [1.165, 1.54) is 0 Å². The minimum atomic E-state index is 0.309. The summed E-state index contributed by atoms with van der Waals surface area (Å²) >= 11 is 0. The maximum atomic E-state index is 8.72. The van der Waals surface area contributed by atoms with Gasteiger partial charge in [0, 0.05) is 0 Å². The maximum absolute atomic E-state index is 8.72. The summed E-state index contributed by atoms with van der Waals surface area (Å²) in [7, 11) is 0. The van der Waals surface area contributed by atoms with Crippen LogP contribution in [0.2, 0.25) is 0 Å². The highest BCUT2D eigenvalue weighted by atomic mass is 14.3. The van der Waals surface area contributed by atoms with E-state index < -0.39 is 0 Å². The lowest BCUT2D eigenvalue weighted by Gasteiger charge is -1.96. The maximum Gasteiger partial charge on any atom is 0.0991 e. The van der Waals surface area contributed by atoms with E-state index in [0.29, 0.717) is 12.0 Å². The molecule has 1 rings (SSSR count). The Labute approximate surface area is 71.7 Å². The van der Waals surface area contributed by atoms with Gasteiger partial charge in [-0.2, -0.15) is 10.5 Å². The topological polar surface area (TPSA) is 47.6 Å². The van der Waals surface area contributed by atoms with Crippen molar-refractivity contribution in [3.8, 4) is 12.1 Å². The Morgan fingerprint density at radius 1 is 1.42 bits per heavy atom. The Kier molecular flexibility index (Phi) is 2.87. The molecule has 0 spiro atoms. The molecule has 0 unspecified atom stereocenters. The van der Waals surface area contributed by atoms with Gasteiger partial charge in [0.15, 0.2) is 0 Å². The van der Waals surface area contributed by atoms with Crippen LogP contribution in [-0.4, -0.2) is 0 Å². The van der Waals surface area contributed by atoms with Gasteiger partial charge in [-0.15, -0.1) is 0 Å². The minimum Gasteiger partial charge on any atom is -0.198 e. The van der Waals surface area contributed by atoms with Crippen molar-refractivity contribution in [3.63, 3.8) is 0 Å². The summed E-state index contributed by atoms with van der Waals surface area (Å²) in [4.78, 5) is 0. The number of allylic oxidation sites excluding steroid dienone is 6. The predicted octanol–water partition coefficient (Wildman–Crippen LogP) is 2.24. The Hall–Kier alpha value is -1.80. The van der Waals surface area contributed by atoms with Crippen LogP contribution in [0.1, 0.15) is 12.8 Å². The van der Waals surface area contributed by atoms with Crippen molar-refractivity contribution >= 4 is 0 Å². The summed E-state index contributed by atoms with van der Waals surface area (Å²) < 4.78 is 0. The van der Waals surface area contributed by atoms with Gasteiger partial charge in [-0.05, 0) is 12.0 Å². The third-order valence-electron chi connectivity index (χ3n) is 1.63. The molecule has 1 aliphatic carbocycles. The van der Waals surface area contributed by atoms with Crippen LogP contribution in [0.3, 0.4) is 0 Å². The molecular weight excluding hydrogens is 148 g/mol. The highest BCUT2D eigenvalue weighted by molar-refractivity contribution is 5.46. The van der Waals surface area contributed by atoms with E-state index in [9.17, 15) is 0 Å². The van der Waals surface area contributed by atoms with Gasteiger partial charge in [0.05, 0.1) is 24.1 Å². The van der Waals surface area contributed by atoms with Crippen molar-refractivity contribution in [2.75, 3.05) is 0 Å². The summed E-state index contributed by atoms with van der Waals surface area (Å²) in [5, 5.41) is 17.2. The van der Waals surface area contributed by atoms with Crippen LogP contribution in [0.15, 0.2) is 35.5 Å². The van der Waals surface area contributed by atoms with Crippen LogP contribution in [0.4, 0.5) is 0 Å². The van der Waals surface area contributed by atoms with Gasteiger partial charge in [0.2, 0.25) is 0 Å². The summed E-state index contributed by atoms with van der Waals surface area (Å²) in [6.07, 6.45) is 8.59. The van der Waals surface area contributed by atoms with Crippen LogP contribution in [-0.2, 0) is 0 Å². The molecule has 0 fully saturated rings. The number of nitriles is 2. The fourth-order valence-corrected chi connectivity index (χ4v) is 1.03. The summed E-state index contributed by atoms with van der Waals surface area (Å²) in [6, 6.07) is 4.12. The lowest BCUT2D eigenvalue weighted by atomic mass is 10.0. The smallest absolute Gasteiger partial charge is 0.0991 e. The zero-order valence-corrected chi connectivity index (χ0v) is 6.62. The third kappa shape index (κ3) is 1.84. The lowest BCUT2D eigenvalue weighted by Crippen LogP contribution is -1.84. The van der Waals surface area contributed by atoms with Gasteiger partial charge in [-0.3, -0.25) is 0 Å². The predicted molar refractivity (Wildman–Crippen MR) is 45.8 cm³/mol. The van der Waals surface area contributed by atoms with Crippen LogP contribution < -0.4 is 0 Å². The van der Waals surface area contributed by atoms with Crippen molar-refractivity contribution < 1.29 is 0 Å². The third-order valence-corrected chi connectivity index (χ3v) is 1.63. The van der Waals surface area contributed by atoms with Gasteiger partial charge in [0.1, 0.15) is 0 Å². The average molecular weight is 156 g/mol. The second-order valence-electron chi connectivity index (χ2n) is 2.42. The van der Waals surface area contributed by atoms with E-state index in [2.05, 4.69) is 6.07 Å². The monoisotopic (exact) mass is 156 g/mol. The largest absolute Gasteiger partial charge is 0.198 e. The van der Waals surface area contributed by atoms with Crippen LogP contribution in [0.25, 0.3) is 0 Å². The van der Waals surface area contributed by atoms with Gasteiger partial charge >= 0.3 is 0 Å². The number of hydrogen-bond acceptors (Lipinski definition) is 2. The molecule has 0 aliphatic heterocycles. The zero-order chi connectivity index (χ0) is 8.81. The Morgan fingerprint density at radius 3 is 2.92 bits per heavy atom. The molecule has 2 heteroatoms. The first-order chi connectivity index (χ1) is 5.88. The van der Waals surface area contributed by atoms with Crippen LogP contribution in [0.5, 0.6) is 0 Å². The molecule has 58 valence electrons. The first kappa shape index (κ1) is 8.30. The fraction of sp³-hybridized carbons (Fsp3) is 0.200. The molecule has 0 N–H and O–H groups in total. The molecule has 0 saturated heterocycles. The van der Waals surface area contributed by atoms with Gasteiger partial charge in [0.25, 0.3) is 0 Å². The molecule has 12 heavy (non-hydrogen) atoms. The first-order valence-corrected chi connectivity index (χ1v) is 3.71. The Balaban J connectivity index is 2.93. The van der Waals surface area contributed by atoms with Crippen molar-refractivity contribution in [2.24, 2.45) is 0 Å². The Morgan fingerprint density at radius 2 is 2.25 bits per heavy atom. The molecule has 2 nitrogen and oxygen atoms in total. The van der Waals surface area contributed by atoms with E-state index in [1.807, 2.05) is 30.4 Å². The van der Waals surface area contributed by atoms with E-state index in [0.717, 1.165) is 12.0 Å². The molecule has 0 atom stereocenters. The van der Waals surface area contributed by atoms with E-state index in [1.54, 1.807) is 0 Å². The summed E-state index contributed by atoms with van der Waals surface area (Å²) in [5.74, 6) is 0. The minimum absolute atomic E-state index is 0.309. The van der Waals surface area contributed by atoms with Crippen molar-refractivity contribution in [1.29, 1.82) is 10.5 Å². The van der Waals surface area contributed by atoms with E-state index >= 15 is 0 Å². The molecular formula is C10H8N2. The molecule has 0 aromatic heterocycles. The van der Waals surface area contributed by atoms with Crippen molar-refractivity contribution in [2.45, 2.75) is 12.8 Å². The van der Waals surface area contributed by atoms with Gasteiger partial charge < -0.3 is 0 Å². The number of rotatable bonds is 1. The summed E-state index contributed by atoms with van der Waals surface area (Å²) in [6.45, 7) is 0. The fourth-order valence-electron chi connectivity index (χ4n) is 1.03. The quantitative estimate of drug-likeness (QED) is 0.584.